The second-order valence-corrected chi connectivity index (χ2v) is 10.8. The number of hydrogen-bond donors (Lipinski definition) is 3. The van der Waals surface area contributed by atoms with Gasteiger partial charge in [-0.2, -0.15) is 17.6 Å². The number of carboxylic acids is 1. The maximum absolute atomic E-state index is 13.9. The molecule has 2 aromatic carbocycles. The topological polar surface area (TPSA) is 101 Å². The monoisotopic (exact) mass is 603 g/mol. The quantitative estimate of drug-likeness (QED) is 0.194. The van der Waals surface area contributed by atoms with E-state index in [0.717, 1.165) is 12.1 Å². The van der Waals surface area contributed by atoms with E-state index < -0.39 is 47.8 Å². The fourth-order valence-electron chi connectivity index (χ4n) is 5.81. The molecule has 7 nitrogen and oxygen atoms in total. The van der Waals surface area contributed by atoms with Crippen molar-refractivity contribution in [1.29, 1.82) is 0 Å². The van der Waals surface area contributed by atoms with Gasteiger partial charge in [-0.3, -0.25) is 9.78 Å². The number of aliphatic carboxylic acids is 1. The Labute approximate surface area is 243 Å². The van der Waals surface area contributed by atoms with Crippen molar-refractivity contribution in [2.24, 2.45) is 17.8 Å². The van der Waals surface area contributed by atoms with Crippen LogP contribution in [-0.2, 0) is 16.8 Å². The Kier molecular flexibility index (Phi) is 8.14. The molecule has 1 saturated carbocycles. The van der Waals surface area contributed by atoms with Gasteiger partial charge in [0.05, 0.1) is 22.7 Å². The van der Waals surface area contributed by atoms with Crippen LogP contribution >= 0.6 is 11.6 Å². The smallest absolute Gasteiger partial charge is 0.461 e. The highest BCUT2D eigenvalue weighted by molar-refractivity contribution is 6.30. The van der Waals surface area contributed by atoms with Gasteiger partial charge in [-0.05, 0) is 53.6 Å². The van der Waals surface area contributed by atoms with E-state index in [1.54, 1.807) is 36.4 Å². The Balaban J connectivity index is 1.58. The molecule has 3 aromatic rings. The van der Waals surface area contributed by atoms with Crippen molar-refractivity contribution < 1.29 is 37.0 Å². The van der Waals surface area contributed by atoms with Crippen LogP contribution in [0.5, 0.6) is 5.75 Å². The molecule has 220 valence electrons. The van der Waals surface area contributed by atoms with E-state index in [2.05, 4.69) is 20.4 Å². The molecule has 3 N–H and O–H groups in total. The first-order valence-electron chi connectivity index (χ1n) is 13.1. The summed E-state index contributed by atoms with van der Waals surface area (Å²) in [6.07, 6.45) is -3.12. The van der Waals surface area contributed by atoms with Crippen LogP contribution in [-0.4, -0.2) is 40.7 Å². The predicted molar refractivity (Wildman–Crippen MR) is 146 cm³/mol. The Morgan fingerprint density at radius 3 is 2.45 bits per heavy atom. The summed E-state index contributed by atoms with van der Waals surface area (Å²) in [4.78, 5) is 30.2. The molecule has 1 unspecified atom stereocenters. The normalized spacial score (nSPS) is 22.5. The first-order valence-corrected chi connectivity index (χ1v) is 13.5. The maximum Gasteiger partial charge on any atom is 0.461 e. The molecule has 1 aromatic heterocycles. The fourth-order valence-corrected chi connectivity index (χ4v) is 5.93. The molecule has 5 atom stereocenters. The molecule has 12 heteroatoms. The van der Waals surface area contributed by atoms with Gasteiger partial charge in [0.25, 0.3) is 0 Å². The van der Waals surface area contributed by atoms with Gasteiger partial charge in [0.15, 0.2) is 0 Å². The Hall–Kier alpha value is -4.12. The largest absolute Gasteiger partial charge is 0.481 e. The second-order valence-electron chi connectivity index (χ2n) is 10.4. The highest BCUT2D eigenvalue weighted by Crippen LogP contribution is 2.44. The number of ether oxygens (including phenoxy) is 1. The maximum atomic E-state index is 13.9. The number of allylic oxidation sites excluding steroid dienone is 1. The van der Waals surface area contributed by atoms with Gasteiger partial charge in [0.1, 0.15) is 11.3 Å². The molecular weight excluding hydrogens is 578 g/mol. The molecule has 1 fully saturated rings. The summed E-state index contributed by atoms with van der Waals surface area (Å²) in [7, 11) is 0. The van der Waals surface area contributed by atoms with Crippen molar-refractivity contribution in [2.45, 2.75) is 37.0 Å². The highest BCUT2D eigenvalue weighted by atomic mass is 35.5. The standard InChI is InChI=1S/C30H26ClF4N3O4/c31-21-11-12-23(36-16-21)29(15-17-5-2-1-3-6-17,20-7-4-8-22(14-20)42-30(34,35)27(32)33)38-28(41)37-25-19-10-9-18(13-19)24(25)26(39)40/h1-12,14,16,18-19,24-25,27H,13,15H2,(H,39,40)(H2,37,38,41)/t18-,19+,24?,25+,29+/m1/s1. The lowest BCUT2D eigenvalue weighted by Gasteiger charge is -2.37. The van der Waals surface area contributed by atoms with Crippen LogP contribution in [0.3, 0.4) is 0 Å². The summed E-state index contributed by atoms with van der Waals surface area (Å²) in [5.74, 6) is -2.80. The van der Waals surface area contributed by atoms with Gasteiger partial charge < -0.3 is 20.5 Å². The molecule has 2 amide bonds. The minimum Gasteiger partial charge on any atom is -0.481 e. The third-order valence-electron chi connectivity index (χ3n) is 7.68. The van der Waals surface area contributed by atoms with E-state index in [1.165, 1.54) is 24.4 Å². The van der Waals surface area contributed by atoms with Gasteiger partial charge >= 0.3 is 24.5 Å². The Morgan fingerprint density at radius 1 is 1.05 bits per heavy atom. The van der Waals surface area contributed by atoms with Crippen LogP contribution in [0.15, 0.2) is 85.1 Å². The predicted octanol–water partition coefficient (Wildman–Crippen LogP) is 6.03. The van der Waals surface area contributed by atoms with Gasteiger partial charge in [0.2, 0.25) is 0 Å². The summed E-state index contributed by atoms with van der Waals surface area (Å²) in [6, 6.07) is 15.7. The van der Waals surface area contributed by atoms with E-state index in [9.17, 15) is 32.3 Å². The molecule has 2 aliphatic carbocycles. The number of carboxylic acid groups (broad SMARTS) is 1. The average molecular weight is 604 g/mol. The van der Waals surface area contributed by atoms with Crippen LogP contribution < -0.4 is 15.4 Å². The SMILES string of the molecule is O=C(N[C@@H]1C(C(=O)O)[C@@H]2C=C[C@H]1C2)N[C@@](Cc1ccccc1)(c1cccc(OC(F)(F)C(F)F)c1)c1ccc(Cl)cn1. The molecule has 1 heterocycles. The number of carbonyl (C=O) groups is 2. The number of carbonyl (C=O) groups excluding carboxylic acids is 1. The first kappa shape index (κ1) is 29.4. The summed E-state index contributed by atoms with van der Waals surface area (Å²) in [5.41, 5.74) is -0.403. The number of amides is 2. The van der Waals surface area contributed by atoms with Crippen molar-refractivity contribution in [3.63, 3.8) is 0 Å². The number of nitrogens with one attached hydrogen (secondary N) is 2. The third-order valence-corrected chi connectivity index (χ3v) is 7.90. The molecular formula is C30H26ClF4N3O4. The lowest BCUT2D eigenvalue weighted by atomic mass is 9.80. The van der Waals surface area contributed by atoms with Gasteiger partial charge in [0, 0.05) is 12.6 Å². The number of pyridine rings is 1. The van der Waals surface area contributed by atoms with Crippen LogP contribution in [0.2, 0.25) is 5.02 Å². The second kappa shape index (κ2) is 11.6. The zero-order chi connectivity index (χ0) is 30.1. The van der Waals surface area contributed by atoms with Crippen molar-refractivity contribution in [3.05, 3.63) is 107 Å². The van der Waals surface area contributed by atoms with Crippen LogP contribution in [0.25, 0.3) is 0 Å². The number of fused-ring (bicyclic) bond motifs is 2. The Bertz CT molecular complexity index is 1470. The van der Waals surface area contributed by atoms with Crippen molar-refractivity contribution >= 4 is 23.6 Å². The number of hydrogen-bond acceptors (Lipinski definition) is 4. The van der Waals surface area contributed by atoms with Crippen LogP contribution in [0.4, 0.5) is 22.4 Å². The first-order chi connectivity index (χ1) is 20.0. The number of benzene rings is 2. The molecule has 2 bridgehead atoms. The molecule has 0 saturated heterocycles. The van der Waals surface area contributed by atoms with E-state index in [4.69, 9.17) is 11.6 Å². The minimum atomic E-state index is -4.76. The van der Waals surface area contributed by atoms with Crippen molar-refractivity contribution in [2.75, 3.05) is 0 Å². The average Bonchev–Trinajstić information content (AvgIpc) is 3.55. The zero-order valence-corrected chi connectivity index (χ0v) is 22.6. The number of halogens is 5. The lowest BCUT2D eigenvalue weighted by Crippen LogP contribution is -2.56. The molecule has 5 rings (SSSR count). The van der Waals surface area contributed by atoms with Gasteiger partial charge in [-0.25, -0.2) is 4.79 Å². The van der Waals surface area contributed by atoms with Crippen molar-refractivity contribution in [3.8, 4) is 5.75 Å². The zero-order valence-electron chi connectivity index (χ0n) is 21.9. The minimum absolute atomic E-state index is 0.0452. The van der Waals surface area contributed by atoms with Crippen LogP contribution in [0.1, 0.15) is 23.2 Å². The summed E-state index contributed by atoms with van der Waals surface area (Å²) in [6.45, 7) is 0. The number of urea groups is 1. The van der Waals surface area contributed by atoms with E-state index >= 15 is 0 Å². The Morgan fingerprint density at radius 2 is 1.79 bits per heavy atom. The van der Waals surface area contributed by atoms with Gasteiger partial charge in [-0.1, -0.05) is 66.2 Å². The van der Waals surface area contributed by atoms with E-state index in [1.807, 2.05) is 12.2 Å². The number of rotatable bonds is 10. The third kappa shape index (κ3) is 5.92. The van der Waals surface area contributed by atoms with Gasteiger partial charge in [-0.15, -0.1) is 0 Å². The number of aromatic nitrogens is 1. The lowest BCUT2D eigenvalue weighted by molar-refractivity contribution is -0.253. The molecule has 0 aliphatic heterocycles. The summed E-state index contributed by atoms with van der Waals surface area (Å²) in [5, 5.41) is 15.9. The fraction of sp³-hybridized carbons (Fsp3) is 0.300. The van der Waals surface area contributed by atoms with E-state index in [0.29, 0.717) is 17.0 Å². The number of nitrogens with zero attached hydrogens (tertiary/aromatic N) is 1. The summed E-state index contributed by atoms with van der Waals surface area (Å²) < 4.78 is 57.9. The molecule has 0 radical (unpaired) electrons. The number of alkyl halides is 4. The highest BCUT2D eigenvalue weighted by Gasteiger charge is 2.50. The molecule has 0 spiro atoms. The summed E-state index contributed by atoms with van der Waals surface area (Å²) >= 11 is 6.10. The molecule has 2 aliphatic rings. The van der Waals surface area contributed by atoms with E-state index in [-0.39, 0.29) is 29.5 Å². The molecule has 42 heavy (non-hydrogen) atoms. The van der Waals surface area contributed by atoms with Crippen molar-refractivity contribution in [1.82, 2.24) is 15.6 Å². The van der Waals surface area contributed by atoms with Crippen LogP contribution in [0, 0.1) is 17.8 Å².